The molecule has 0 bridgehead atoms. The van der Waals surface area contributed by atoms with Gasteiger partial charge in [-0.25, -0.2) is 4.98 Å². The van der Waals surface area contributed by atoms with E-state index < -0.39 is 0 Å². The van der Waals surface area contributed by atoms with Gasteiger partial charge in [0.25, 0.3) is 0 Å². The Morgan fingerprint density at radius 2 is 1.79 bits per heavy atom. The molecule has 2 amide bonds. The molecule has 5 aliphatic rings. The Hall–Kier alpha value is -3.13. The first kappa shape index (κ1) is 21.4. The minimum Gasteiger partial charge on any atom is -0.352 e. The van der Waals surface area contributed by atoms with Gasteiger partial charge in [0.1, 0.15) is 18.3 Å². The summed E-state index contributed by atoms with van der Waals surface area (Å²) < 4.78 is 0. The molecule has 176 valence electrons. The van der Waals surface area contributed by atoms with Crippen molar-refractivity contribution >= 4 is 17.6 Å². The van der Waals surface area contributed by atoms with Gasteiger partial charge in [-0.3, -0.25) is 9.59 Å². The van der Waals surface area contributed by atoms with E-state index in [-0.39, 0.29) is 24.3 Å². The van der Waals surface area contributed by atoms with Crippen LogP contribution < -0.4 is 4.90 Å². The third-order valence-corrected chi connectivity index (χ3v) is 8.16. The largest absolute Gasteiger partial charge is 0.352 e. The lowest BCUT2D eigenvalue weighted by Crippen LogP contribution is -2.57. The number of nitriles is 2. The Bertz CT molecular complexity index is 1120. The van der Waals surface area contributed by atoms with E-state index in [1.54, 1.807) is 4.90 Å². The zero-order valence-electron chi connectivity index (χ0n) is 19.5. The second-order valence-electron chi connectivity index (χ2n) is 10.6. The van der Waals surface area contributed by atoms with Gasteiger partial charge in [0.15, 0.2) is 0 Å². The average Bonchev–Trinajstić information content (AvgIpc) is 3.72. The van der Waals surface area contributed by atoms with Crippen molar-refractivity contribution < 1.29 is 9.59 Å². The van der Waals surface area contributed by atoms with Gasteiger partial charge in [-0.2, -0.15) is 10.5 Å². The first-order valence-corrected chi connectivity index (χ1v) is 12.7. The van der Waals surface area contributed by atoms with E-state index in [9.17, 15) is 14.9 Å². The molecule has 0 spiro atoms. The van der Waals surface area contributed by atoms with Gasteiger partial charge in [0, 0.05) is 44.6 Å². The Balaban J connectivity index is 1.33. The lowest BCUT2D eigenvalue weighted by atomic mass is 9.91. The fourth-order valence-corrected chi connectivity index (χ4v) is 5.81. The lowest BCUT2D eigenvalue weighted by molar-refractivity contribution is -0.136. The number of pyridine rings is 1. The lowest BCUT2D eigenvalue weighted by Gasteiger charge is -2.43. The number of carbonyl (C=O) groups is 2. The van der Waals surface area contributed by atoms with Crippen LogP contribution in [0.1, 0.15) is 73.2 Å². The molecule has 0 aromatic carbocycles. The van der Waals surface area contributed by atoms with Crippen molar-refractivity contribution in [1.82, 2.24) is 14.8 Å². The topological polar surface area (TPSA) is 104 Å². The number of carbonyl (C=O) groups excluding carboxylic acids is 2. The van der Waals surface area contributed by atoms with Crippen LogP contribution in [0, 0.1) is 34.5 Å². The molecule has 8 heteroatoms. The van der Waals surface area contributed by atoms with E-state index >= 15 is 0 Å². The van der Waals surface area contributed by atoms with Gasteiger partial charge in [-0.1, -0.05) is 0 Å². The summed E-state index contributed by atoms with van der Waals surface area (Å²) in [6.07, 6.45) is 7.09. The summed E-state index contributed by atoms with van der Waals surface area (Å²) in [6, 6.07) is 4.64. The van der Waals surface area contributed by atoms with Crippen LogP contribution in [0.3, 0.4) is 0 Å². The summed E-state index contributed by atoms with van der Waals surface area (Å²) in [6.45, 7) is 3.14. The van der Waals surface area contributed by atoms with E-state index in [1.165, 1.54) is 12.8 Å². The minimum absolute atomic E-state index is 0.114. The predicted octanol–water partition coefficient (Wildman–Crippen LogP) is 2.47. The van der Waals surface area contributed by atoms with Gasteiger partial charge in [-0.05, 0) is 62.0 Å². The third-order valence-electron chi connectivity index (χ3n) is 8.16. The summed E-state index contributed by atoms with van der Waals surface area (Å²) in [5, 5.41) is 19.2. The third kappa shape index (κ3) is 3.79. The first-order chi connectivity index (χ1) is 16.6. The molecule has 0 unspecified atom stereocenters. The number of fused-ring (bicyclic) bond motifs is 1. The molecule has 1 atom stereocenters. The van der Waals surface area contributed by atoms with Crippen LogP contribution in [0.2, 0.25) is 0 Å². The van der Waals surface area contributed by atoms with E-state index in [0.29, 0.717) is 55.9 Å². The van der Waals surface area contributed by atoms with E-state index in [1.807, 2.05) is 6.07 Å². The SMILES string of the molecule is N#CCC(=O)N1CCc2c(C#N)c(N3CCN(C(=O)C4CC4)[C@H](C4CC4)C3)nc(C3CC3)c2C1. The highest BCUT2D eigenvalue weighted by molar-refractivity contribution is 5.82. The number of piperazine rings is 1. The second-order valence-corrected chi connectivity index (χ2v) is 10.6. The van der Waals surface area contributed by atoms with Gasteiger partial charge >= 0.3 is 0 Å². The zero-order chi connectivity index (χ0) is 23.4. The standard InChI is InChI=1S/C26H30N6O2/c27-9-7-23(33)30-10-8-19-20(13-28)25(29-24(17-3-4-17)21(19)14-30)31-11-12-32(26(34)18-5-6-18)22(15-31)16-1-2-16/h16-18,22H,1-8,10-12,14-15H2/t22-/m0/s1. The minimum atomic E-state index is -0.152. The van der Waals surface area contributed by atoms with Crippen molar-refractivity contribution in [3.8, 4) is 12.1 Å². The van der Waals surface area contributed by atoms with Crippen LogP contribution in [-0.4, -0.2) is 58.8 Å². The predicted molar refractivity (Wildman–Crippen MR) is 123 cm³/mol. The van der Waals surface area contributed by atoms with Gasteiger partial charge in [0.2, 0.25) is 11.8 Å². The molecule has 3 aliphatic carbocycles. The molecule has 6 rings (SSSR count). The van der Waals surface area contributed by atoms with Gasteiger partial charge in [0.05, 0.1) is 23.4 Å². The van der Waals surface area contributed by atoms with Crippen LogP contribution in [0.15, 0.2) is 0 Å². The molecule has 2 aliphatic heterocycles. The van der Waals surface area contributed by atoms with Crippen molar-refractivity contribution in [3.05, 3.63) is 22.4 Å². The summed E-state index contributed by atoms with van der Waals surface area (Å²) in [5.41, 5.74) is 3.75. The monoisotopic (exact) mass is 458 g/mol. The van der Waals surface area contributed by atoms with Gasteiger partial charge in [-0.15, -0.1) is 0 Å². The molecule has 3 saturated carbocycles. The highest BCUT2D eigenvalue weighted by atomic mass is 16.2. The highest BCUT2D eigenvalue weighted by Crippen LogP contribution is 2.45. The summed E-state index contributed by atoms with van der Waals surface area (Å²) in [7, 11) is 0. The number of hydrogen-bond donors (Lipinski definition) is 0. The van der Waals surface area contributed by atoms with Crippen molar-refractivity contribution in [3.63, 3.8) is 0 Å². The normalized spacial score (nSPS) is 24.3. The van der Waals surface area contributed by atoms with Crippen LogP contribution in [-0.2, 0) is 22.6 Å². The smallest absolute Gasteiger partial charge is 0.237 e. The quantitative estimate of drug-likeness (QED) is 0.671. The number of rotatable bonds is 5. The van der Waals surface area contributed by atoms with E-state index in [0.717, 1.165) is 54.9 Å². The summed E-state index contributed by atoms with van der Waals surface area (Å²) in [4.78, 5) is 36.6. The van der Waals surface area contributed by atoms with Crippen molar-refractivity contribution in [2.75, 3.05) is 31.1 Å². The molecule has 34 heavy (non-hydrogen) atoms. The van der Waals surface area contributed by atoms with E-state index in [2.05, 4.69) is 15.9 Å². The van der Waals surface area contributed by atoms with Crippen LogP contribution in [0.5, 0.6) is 0 Å². The summed E-state index contributed by atoms with van der Waals surface area (Å²) in [5.74, 6) is 2.15. The zero-order valence-corrected chi connectivity index (χ0v) is 19.5. The van der Waals surface area contributed by atoms with Crippen molar-refractivity contribution in [1.29, 1.82) is 10.5 Å². The molecule has 4 fully saturated rings. The maximum Gasteiger partial charge on any atom is 0.237 e. The molecule has 1 aromatic heterocycles. The van der Waals surface area contributed by atoms with Gasteiger partial charge < -0.3 is 14.7 Å². The number of amides is 2. The molecule has 1 aromatic rings. The fraction of sp³-hybridized carbons (Fsp3) is 0.654. The van der Waals surface area contributed by atoms with Crippen molar-refractivity contribution in [2.45, 2.75) is 69.9 Å². The second kappa shape index (κ2) is 8.27. The first-order valence-electron chi connectivity index (χ1n) is 12.7. The Labute approximate surface area is 200 Å². The Kier molecular flexibility index (Phi) is 5.21. The highest BCUT2D eigenvalue weighted by Gasteiger charge is 2.45. The van der Waals surface area contributed by atoms with Crippen LogP contribution >= 0.6 is 0 Å². The van der Waals surface area contributed by atoms with Crippen molar-refractivity contribution in [2.24, 2.45) is 11.8 Å². The Morgan fingerprint density at radius 1 is 1.00 bits per heavy atom. The molecule has 0 N–H and O–H groups in total. The Morgan fingerprint density at radius 3 is 2.44 bits per heavy atom. The van der Waals surface area contributed by atoms with E-state index in [4.69, 9.17) is 10.2 Å². The number of aromatic nitrogens is 1. The molecular weight excluding hydrogens is 428 g/mol. The molecule has 0 radical (unpaired) electrons. The molecule has 1 saturated heterocycles. The molecule has 8 nitrogen and oxygen atoms in total. The van der Waals surface area contributed by atoms with Crippen LogP contribution in [0.25, 0.3) is 0 Å². The number of hydrogen-bond acceptors (Lipinski definition) is 6. The number of anilines is 1. The average molecular weight is 459 g/mol. The maximum atomic E-state index is 12.9. The molecule has 3 heterocycles. The maximum absolute atomic E-state index is 12.9. The number of nitrogens with zero attached hydrogens (tertiary/aromatic N) is 6. The van der Waals surface area contributed by atoms with Crippen LogP contribution in [0.4, 0.5) is 5.82 Å². The molecular formula is C26H30N6O2. The fourth-order valence-electron chi connectivity index (χ4n) is 5.81. The summed E-state index contributed by atoms with van der Waals surface area (Å²) >= 11 is 0.